The van der Waals surface area contributed by atoms with Crippen molar-refractivity contribution < 1.29 is 32.8 Å². The first kappa shape index (κ1) is 26.1. The zero-order valence-electron chi connectivity index (χ0n) is 18.7. The molecule has 0 amide bonds. The molecular formula is C22H34O7S. The molecule has 3 N–H and O–H groups in total. The van der Waals surface area contributed by atoms with E-state index in [9.17, 15) is 32.8 Å². The zero-order valence-corrected chi connectivity index (χ0v) is 19.5. The van der Waals surface area contributed by atoms with Gasteiger partial charge in [-0.25, -0.2) is 0 Å². The first-order valence-corrected chi connectivity index (χ1v) is 11.4. The third kappa shape index (κ3) is 6.28. The minimum Gasteiger partial charge on any atom is -0.481 e. The second-order valence-electron chi connectivity index (χ2n) is 10.1. The van der Waals surface area contributed by atoms with Gasteiger partial charge >= 0.3 is 11.9 Å². The SMILES string of the molecule is CC(C)C(C(=O)O)C(C(=O)O)C(C)(C)C(CC(C)(C)C)c1ccc(S(=O)(=O)O)cc1. The van der Waals surface area contributed by atoms with E-state index in [-0.39, 0.29) is 22.1 Å². The Morgan fingerprint density at radius 1 is 0.933 bits per heavy atom. The number of hydrogen-bond acceptors (Lipinski definition) is 4. The molecule has 3 atom stereocenters. The largest absolute Gasteiger partial charge is 0.481 e. The van der Waals surface area contributed by atoms with Crippen molar-refractivity contribution in [2.75, 3.05) is 0 Å². The van der Waals surface area contributed by atoms with Crippen LogP contribution in [0.15, 0.2) is 29.2 Å². The van der Waals surface area contributed by atoms with Crippen LogP contribution >= 0.6 is 0 Å². The molecule has 0 saturated heterocycles. The van der Waals surface area contributed by atoms with Gasteiger partial charge in [-0.3, -0.25) is 14.1 Å². The molecule has 0 heterocycles. The van der Waals surface area contributed by atoms with Gasteiger partial charge in [0, 0.05) is 0 Å². The highest BCUT2D eigenvalue weighted by Crippen LogP contribution is 2.51. The summed E-state index contributed by atoms with van der Waals surface area (Å²) in [6.45, 7) is 12.9. The minimum absolute atomic E-state index is 0.205. The van der Waals surface area contributed by atoms with Crippen molar-refractivity contribution in [2.45, 2.75) is 65.7 Å². The number of benzene rings is 1. The molecule has 0 aliphatic heterocycles. The van der Waals surface area contributed by atoms with Crippen molar-refractivity contribution in [1.82, 2.24) is 0 Å². The third-order valence-electron chi connectivity index (χ3n) is 5.73. The Morgan fingerprint density at radius 3 is 1.70 bits per heavy atom. The topological polar surface area (TPSA) is 129 Å². The lowest BCUT2D eigenvalue weighted by atomic mass is 9.58. The normalized spacial score (nSPS) is 16.2. The zero-order chi connectivity index (χ0) is 23.7. The van der Waals surface area contributed by atoms with Crippen LogP contribution in [0.1, 0.15) is 66.4 Å². The van der Waals surface area contributed by atoms with Gasteiger partial charge in [-0.05, 0) is 46.8 Å². The van der Waals surface area contributed by atoms with Crippen LogP contribution in [0.25, 0.3) is 0 Å². The molecule has 3 unspecified atom stereocenters. The lowest BCUT2D eigenvalue weighted by Crippen LogP contribution is -2.46. The summed E-state index contributed by atoms with van der Waals surface area (Å²) in [7, 11) is -4.35. The van der Waals surface area contributed by atoms with Crippen LogP contribution in [-0.2, 0) is 19.7 Å². The Balaban J connectivity index is 3.64. The fraction of sp³-hybridized carbons (Fsp3) is 0.636. The predicted octanol–water partition coefficient (Wildman–Crippen LogP) is 4.54. The number of hydrogen-bond donors (Lipinski definition) is 3. The highest BCUT2D eigenvalue weighted by Gasteiger charge is 2.50. The van der Waals surface area contributed by atoms with Gasteiger partial charge in [0.15, 0.2) is 0 Å². The van der Waals surface area contributed by atoms with E-state index in [1.54, 1.807) is 39.8 Å². The van der Waals surface area contributed by atoms with Crippen LogP contribution < -0.4 is 0 Å². The second kappa shape index (κ2) is 9.06. The Labute approximate surface area is 179 Å². The van der Waals surface area contributed by atoms with E-state index >= 15 is 0 Å². The molecule has 30 heavy (non-hydrogen) atoms. The van der Waals surface area contributed by atoms with Crippen molar-refractivity contribution in [2.24, 2.45) is 28.6 Å². The molecular weight excluding hydrogens is 408 g/mol. The number of aliphatic carboxylic acids is 2. The fourth-order valence-corrected chi connectivity index (χ4v) is 4.74. The summed E-state index contributed by atoms with van der Waals surface area (Å²) in [5.41, 5.74) is -0.476. The van der Waals surface area contributed by atoms with Crippen LogP contribution in [-0.4, -0.2) is 35.1 Å². The van der Waals surface area contributed by atoms with Gasteiger partial charge in [-0.1, -0.05) is 60.6 Å². The van der Waals surface area contributed by atoms with E-state index in [2.05, 4.69) is 0 Å². The van der Waals surface area contributed by atoms with Gasteiger partial charge in [0.2, 0.25) is 0 Å². The highest BCUT2D eigenvalue weighted by atomic mass is 32.2. The van der Waals surface area contributed by atoms with E-state index in [0.29, 0.717) is 12.0 Å². The lowest BCUT2D eigenvalue weighted by Gasteiger charge is -2.44. The van der Waals surface area contributed by atoms with Gasteiger partial charge in [0.1, 0.15) is 0 Å². The van der Waals surface area contributed by atoms with E-state index in [1.807, 2.05) is 20.8 Å². The smallest absolute Gasteiger partial charge is 0.307 e. The van der Waals surface area contributed by atoms with E-state index < -0.39 is 39.3 Å². The maximum atomic E-state index is 12.3. The summed E-state index contributed by atoms with van der Waals surface area (Å²) in [5, 5.41) is 19.8. The first-order chi connectivity index (χ1) is 13.4. The molecule has 0 spiro atoms. The molecule has 170 valence electrons. The predicted molar refractivity (Wildman–Crippen MR) is 114 cm³/mol. The molecule has 0 aromatic heterocycles. The maximum Gasteiger partial charge on any atom is 0.307 e. The van der Waals surface area contributed by atoms with Gasteiger partial charge in [-0.15, -0.1) is 0 Å². The molecule has 8 heteroatoms. The van der Waals surface area contributed by atoms with Crippen molar-refractivity contribution >= 4 is 22.1 Å². The van der Waals surface area contributed by atoms with Gasteiger partial charge in [-0.2, -0.15) is 8.42 Å². The van der Waals surface area contributed by atoms with E-state index in [4.69, 9.17) is 0 Å². The second-order valence-corrected chi connectivity index (χ2v) is 11.5. The third-order valence-corrected chi connectivity index (χ3v) is 6.59. The Hall–Kier alpha value is -1.93. The van der Waals surface area contributed by atoms with Crippen molar-refractivity contribution in [3.63, 3.8) is 0 Å². The van der Waals surface area contributed by atoms with Crippen LogP contribution in [0.3, 0.4) is 0 Å². The van der Waals surface area contributed by atoms with Crippen molar-refractivity contribution in [3.8, 4) is 0 Å². The van der Waals surface area contributed by atoms with Gasteiger partial charge in [0.25, 0.3) is 10.1 Å². The average Bonchev–Trinajstić information content (AvgIpc) is 2.54. The van der Waals surface area contributed by atoms with E-state index in [0.717, 1.165) is 0 Å². The van der Waals surface area contributed by atoms with Crippen LogP contribution in [0, 0.1) is 28.6 Å². The minimum atomic E-state index is -4.35. The Kier molecular flexibility index (Phi) is 7.88. The molecule has 7 nitrogen and oxygen atoms in total. The average molecular weight is 443 g/mol. The molecule has 0 aliphatic carbocycles. The molecule has 0 radical (unpaired) electrons. The van der Waals surface area contributed by atoms with Crippen LogP contribution in [0.5, 0.6) is 0 Å². The van der Waals surface area contributed by atoms with Gasteiger partial charge < -0.3 is 10.2 Å². The van der Waals surface area contributed by atoms with E-state index in [1.165, 1.54) is 12.1 Å². The molecule has 0 bridgehead atoms. The lowest BCUT2D eigenvalue weighted by molar-refractivity contribution is -0.162. The Bertz CT molecular complexity index is 862. The Morgan fingerprint density at radius 2 is 1.40 bits per heavy atom. The van der Waals surface area contributed by atoms with Gasteiger partial charge in [0.05, 0.1) is 16.7 Å². The quantitative estimate of drug-likeness (QED) is 0.479. The molecule has 1 aromatic carbocycles. The molecule has 0 fully saturated rings. The number of rotatable bonds is 9. The monoisotopic (exact) mass is 442 g/mol. The fourth-order valence-electron chi connectivity index (χ4n) is 4.26. The van der Waals surface area contributed by atoms with Crippen LogP contribution in [0.2, 0.25) is 0 Å². The highest BCUT2D eigenvalue weighted by molar-refractivity contribution is 7.85. The number of carboxylic acids is 2. The molecule has 1 rings (SSSR count). The number of carbonyl (C=O) groups is 2. The summed E-state index contributed by atoms with van der Waals surface area (Å²) in [5.74, 6) is -5.33. The summed E-state index contributed by atoms with van der Waals surface area (Å²) in [6.07, 6.45) is 0.555. The van der Waals surface area contributed by atoms with Crippen molar-refractivity contribution in [3.05, 3.63) is 29.8 Å². The standard InChI is InChI=1S/C22H34O7S/c1-13(2)17(19(23)24)18(20(25)26)22(6,7)16(12-21(3,4)5)14-8-10-15(11-9-14)30(27,28)29/h8-11,13,16-18H,12H2,1-7H3,(H,23,24)(H,25,26)(H,27,28,29). The summed E-state index contributed by atoms with van der Waals surface area (Å²) >= 11 is 0. The summed E-state index contributed by atoms with van der Waals surface area (Å²) in [6, 6.07) is 5.68. The molecule has 0 aliphatic rings. The van der Waals surface area contributed by atoms with Crippen LogP contribution in [0.4, 0.5) is 0 Å². The molecule has 0 saturated carbocycles. The summed E-state index contributed by atoms with van der Waals surface area (Å²) < 4.78 is 32.0. The number of carboxylic acid groups (broad SMARTS) is 2. The maximum absolute atomic E-state index is 12.3. The summed E-state index contributed by atoms with van der Waals surface area (Å²) in [4.78, 5) is 24.0. The first-order valence-electron chi connectivity index (χ1n) is 9.92. The molecule has 1 aromatic rings. The van der Waals surface area contributed by atoms with Crippen molar-refractivity contribution in [1.29, 1.82) is 0 Å².